The summed E-state index contributed by atoms with van der Waals surface area (Å²) in [5.41, 5.74) is 0.385. The summed E-state index contributed by atoms with van der Waals surface area (Å²) in [6.45, 7) is 6.24. The van der Waals surface area contributed by atoms with Crippen molar-refractivity contribution in [2.45, 2.75) is 45.6 Å². The van der Waals surface area contributed by atoms with Gasteiger partial charge in [0.25, 0.3) is 0 Å². The van der Waals surface area contributed by atoms with Crippen LogP contribution in [-0.2, 0) is 6.42 Å². The molecule has 1 atom stereocenters. The van der Waals surface area contributed by atoms with Crippen LogP contribution in [0.5, 0.6) is 11.5 Å². The molecule has 0 saturated carbocycles. The lowest BCUT2D eigenvalue weighted by Gasteiger charge is -2.24. The topological polar surface area (TPSA) is 38.7 Å². The van der Waals surface area contributed by atoms with Gasteiger partial charge in [-0.15, -0.1) is 0 Å². The molecule has 0 aliphatic carbocycles. The maximum absolute atomic E-state index is 10.4. The van der Waals surface area contributed by atoms with E-state index in [9.17, 15) is 5.11 Å². The van der Waals surface area contributed by atoms with Gasteiger partial charge in [-0.2, -0.15) is 0 Å². The van der Waals surface area contributed by atoms with Crippen LogP contribution in [0.4, 0.5) is 0 Å². The first-order valence-electron chi connectivity index (χ1n) is 6.81. The Kier molecular flexibility index (Phi) is 5.67. The lowest BCUT2D eigenvalue weighted by Crippen LogP contribution is -2.27. The Labute approximate surface area is 116 Å². The summed E-state index contributed by atoms with van der Waals surface area (Å²) in [4.78, 5) is 0. The third kappa shape index (κ3) is 5.11. The predicted octanol–water partition coefficient (Wildman–Crippen LogP) is 3.43. The van der Waals surface area contributed by atoms with Gasteiger partial charge in [0.1, 0.15) is 0 Å². The molecule has 1 N–H and O–H groups in total. The SMILES string of the molecule is COc1ccc(CC(C)(O)CCC(C)C)cc1OC. The second-order valence-corrected chi connectivity index (χ2v) is 5.80. The third-order valence-electron chi connectivity index (χ3n) is 3.29. The van der Waals surface area contributed by atoms with E-state index in [0.717, 1.165) is 18.4 Å². The standard InChI is InChI=1S/C16H26O3/c1-12(2)8-9-16(3,17)11-13-6-7-14(18-4)15(10-13)19-5/h6-7,10,12,17H,8-9,11H2,1-5H3. The van der Waals surface area contributed by atoms with Crippen molar-refractivity contribution in [3.8, 4) is 11.5 Å². The van der Waals surface area contributed by atoms with Crippen LogP contribution < -0.4 is 9.47 Å². The van der Waals surface area contributed by atoms with Gasteiger partial charge in [-0.1, -0.05) is 19.9 Å². The highest BCUT2D eigenvalue weighted by Gasteiger charge is 2.21. The molecule has 0 amide bonds. The van der Waals surface area contributed by atoms with E-state index in [4.69, 9.17) is 9.47 Å². The molecule has 19 heavy (non-hydrogen) atoms. The highest BCUT2D eigenvalue weighted by Crippen LogP contribution is 2.30. The molecule has 1 aromatic rings. The van der Waals surface area contributed by atoms with Crippen molar-refractivity contribution >= 4 is 0 Å². The Morgan fingerprint density at radius 3 is 2.32 bits per heavy atom. The number of methoxy groups -OCH3 is 2. The van der Waals surface area contributed by atoms with E-state index in [1.807, 2.05) is 25.1 Å². The number of ether oxygens (including phenoxy) is 2. The highest BCUT2D eigenvalue weighted by atomic mass is 16.5. The zero-order chi connectivity index (χ0) is 14.5. The molecule has 1 unspecified atom stereocenters. The largest absolute Gasteiger partial charge is 0.493 e. The number of aliphatic hydroxyl groups is 1. The van der Waals surface area contributed by atoms with E-state index in [-0.39, 0.29) is 0 Å². The first-order valence-corrected chi connectivity index (χ1v) is 6.81. The molecule has 3 heteroatoms. The number of benzene rings is 1. The predicted molar refractivity (Wildman–Crippen MR) is 77.9 cm³/mol. The molecule has 0 fully saturated rings. The fourth-order valence-electron chi connectivity index (χ4n) is 2.12. The zero-order valence-corrected chi connectivity index (χ0v) is 12.7. The van der Waals surface area contributed by atoms with Crippen molar-refractivity contribution in [1.82, 2.24) is 0 Å². The first kappa shape index (κ1) is 15.8. The van der Waals surface area contributed by atoms with Crippen LogP contribution in [-0.4, -0.2) is 24.9 Å². The second-order valence-electron chi connectivity index (χ2n) is 5.80. The molecule has 1 rings (SSSR count). The van der Waals surface area contributed by atoms with Gasteiger partial charge in [0.05, 0.1) is 19.8 Å². The van der Waals surface area contributed by atoms with E-state index in [0.29, 0.717) is 23.8 Å². The molecule has 0 aromatic heterocycles. The molecule has 108 valence electrons. The Hall–Kier alpha value is -1.22. The monoisotopic (exact) mass is 266 g/mol. The average Bonchev–Trinajstić information content (AvgIpc) is 2.36. The molecular formula is C16H26O3. The Balaban J connectivity index is 2.75. The average molecular weight is 266 g/mol. The van der Waals surface area contributed by atoms with E-state index >= 15 is 0 Å². The number of rotatable bonds is 7. The maximum atomic E-state index is 10.4. The lowest BCUT2D eigenvalue weighted by atomic mass is 9.89. The van der Waals surface area contributed by atoms with E-state index < -0.39 is 5.60 Å². The van der Waals surface area contributed by atoms with Crippen LogP contribution >= 0.6 is 0 Å². The van der Waals surface area contributed by atoms with Crippen molar-refractivity contribution < 1.29 is 14.6 Å². The van der Waals surface area contributed by atoms with Crippen molar-refractivity contribution in [1.29, 1.82) is 0 Å². The summed E-state index contributed by atoms with van der Waals surface area (Å²) >= 11 is 0. The normalized spacial score (nSPS) is 14.3. The first-order chi connectivity index (χ1) is 8.88. The summed E-state index contributed by atoms with van der Waals surface area (Å²) < 4.78 is 10.5. The molecule has 0 bridgehead atoms. The summed E-state index contributed by atoms with van der Waals surface area (Å²) in [6.07, 6.45) is 2.46. The summed E-state index contributed by atoms with van der Waals surface area (Å²) in [5.74, 6) is 2.03. The Bertz CT molecular complexity index is 397. The van der Waals surface area contributed by atoms with Crippen LogP contribution in [0.15, 0.2) is 18.2 Å². The summed E-state index contributed by atoms with van der Waals surface area (Å²) in [7, 11) is 3.24. The van der Waals surface area contributed by atoms with Crippen LogP contribution in [0.2, 0.25) is 0 Å². The molecule has 3 nitrogen and oxygen atoms in total. The van der Waals surface area contributed by atoms with E-state index in [2.05, 4.69) is 13.8 Å². The van der Waals surface area contributed by atoms with E-state index in [1.54, 1.807) is 14.2 Å². The van der Waals surface area contributed by atoms with Crippen molar-refractivity contribution in [2.75, 3.05) is 14.2 Å². The summed E-state index contributed by atoms with van der Waals surface area (Å²) in [5, 5.41) is 10.4. The van der Waals surface area contributed by atoms with Crippen molar-refractivity contribution in [3.63, 3.8) is 0 Å². The van der Waals surface area contributed by atoms with Crippen LogP contribution in [0.3, 0.4) is 0 Å². The molecule has 1 aromatic carbocycles. The quantitative estimate of drug-likeness (QED) is 0.821. The van der Waals surface area contributed by atoms with Gasteiger partial charge in [0.15, 0.2) is 11.5 Å². The minimum Gasteiger partial charge on any atom is -0.493 e. The third-order valence-corrected chi connectivity index (χ3v) is 3.29. The fourth-order valence-corrected chi connectivity index (χ4v) is 2.12. The van der Waals surface area contributed by atoms with Gasteiger partial charge >= 0.3 is 0 Å². The van der Waals surface area contributed by atoms with Gasteiger partial charge in [-0.25, -0.2) is 0 Å². The minimum atomic E-state index is -0.677. The van der Waals surface area contributed by atoms with Crippen LogP contribution in [0, 0.1) is 5.92 Å². The molecule has 0 heterocycles. The molecule has 0 radical (unpaired) electrons. The van der Waals surface area contributed by atoms with Crippen molar-refractivity contribution in [3.05, 3.63) is 23.8 Å². The second kappa shape index (κ2) is 6.80. The molecule has 0 saturated heterocycles. The molecular weight excluding hydrogens is 240 g/mol. The lowest BCUT2D eigenvalue weighted by molar-refractivity contribution is 0.0457. The summed E-state index contributed by atoms with van der Waals surface area (Å²) in [6, 6.07) is 5.79. The number of hydrogen-bond acceptors (Lipinski definition) is 3. The maximum Gasteiger partial charge on any atom is 0.160 e. The molecule has 0 aliphatic heterocycles. The van der Waals surface area contributed by atoms with Crippen LogP contribution in [0.1, 0.15) is 39.2 Å². The van der Waals surface area contributed by atoms with Crippen molar-refractivity contribution in [2.24, 2.45) is 5.92 Å². The Morgan fingerprint density at radius 2 is 1.79 bits per heavy atom. The highest BCUT2D eigenvalue weighted by molar-refractivity contribution is 5.43. The molecule has 0 spiro atoms. The minimum absolute atomic E-state index is 0.608. The number of hydrogen-bond donors (Lipinski definition) is 1. The van der Waals surface area contributed by atoms with Gasteiger partial charge in [0, 0.05) is 6.42 Å². The zero-order valence-electron chi connectivity index (χ0n) is 12.7. The van der Waals surface area contributed by atoms with E-state index in [1.165, 1.54) is 0 Å². The smallest absolute Gasteiger partial charge is 0.160 e. The molecule has 0 aliphatic rings. The fraction of sp³-hybridized carbons (Fsp3) is 0.625. The van der Waals surface area contributed by atoms with Gasteiger partial charge < -0.3 is 14.6 Å². The van der Waals surface area contributed by atoms with Gasteiger partial charge in [-0.05, 0) is 43.4 Å². The van der Waals surface area contributed by atoms with Crippen LogP contribution in [0.25, 0.3) is 0 Å². The van der Waals surface area contributed by atoms with Gasteiger partial charge in [-0.3, -0.25) is 0 Å². The van der Waals surface area contributed by atoms with Gasteiger partial charge in [0.2, 0.25) is 0 Å². The Morgan fingerprint density at radius 1 is 1.16 bits per heavy atom.